The molecule has 1 aromatic rings. The van der Waals surface area contributed by atoms with Gasteiger partial charge in [0.25, 0.3) is 0 Å². The topological polar surface area (TPSA) is 35.5 Å². The second-order valence-electron chi connectivity index (χ2n) is 4.11. The Kier molecular flexibility index (Phi) is 5.87. The smallest absolute Gasteiger partial charge is 0.120 e. The van der Waals surface area contributed by atoms with Crippen molar-refractivity contribution in [2.45, 2.75) is 25.4 Å². The van der Waals surface area contributed by atoms with Crippen LogP contribution in [-0.4, -0.2) is 27.1 Å². The minimum absolute atomic E-state index is 0.0784. The number of hydrogen-bond donors (Lipinski definition) is 0. The number of carbonyl (C=O) groups is 1. The first-order chi connectivity index (χ1) is 8.24. The third kappa shape index (κ3) is 3.65. The molecule has 0 aliphatic rings. The molecule has 2 atom stereocenters. The number of hydrogen-bond acceptors (Lipinski definition) is 3. The van der Waals surface area contributed by atoms with Gasteiger partial charge < -0.3 is 14.3 Å². The first-order valence-electron chi connectivity index (χ1n) is 5.78. The summed E-state index contributed by atoms with van der Waals surface area (Å²) >= 11 is 0. The molecule has 2 unspecified atom stereocenters. The zero-order valence-electron chi connectivity index (χ0n) is 10.7. The Hall–Kier alpha value is -1.19. The van der Waals surface area contributed by atoms with Crippen LogP contribution < -0.4 is 0 Å². The third-order valence-corrected chi connectivity index (χ3v) is 2.93. The molecule has 0 N–H and O–H groups in total. The summed E-state index contributed by atoms with van der Waals surface area (Å²) in [5.74, 6) is 0.207. The predicted octanol–water partition coefficient (Wildman–Crippen LogP) is 2.71. The summed E-state index contributed by atoms with van der Waals surface area (Å²) in [7, 11) is 3.33. The summed E-state index contributed by atoms with van der Waals surface area (Å²) < 4.78 is 10.6. The Balaban J connectivity index is 3.00. The van der Waals surface area contributed by atoms with E-state index in [0.29, 0.717) is 13.0 Å². The minimum Gasteiger partial charge on any atom is -0.382 e. The molecular formula is C14H20O3. The van der Waals surface area contributed by atoms with E-state index in [1.54, 1.807) is 14.2 Å². The van der Waals surface area contributed by atoms with E-state index in [4.69, 9.17) is 9.47 Å². The highest BCUT2D eigenvalue weighted by atomic mass is 16.5. The van der Waals surface area contributed by atoms with Gasteiger partial charge >= 0.3 is 0 Å². The van der Waals surface area contributed by atoms with Crippen molar-refractivity contribution in [3.63, 3.8) is 0 Å². The Morgan fingerprint density at radius 1 is 1.24 bits per heavy atom. The Morgan fingerprint density at radius 2 is 1.88 bits per heavy atom. The van der Waals surface area contributed by atoms with Crippen LogP contribution in [0.25, 0.3) is 0 Å². The van der Waals surface area contributed by atoms with Crippen LogP contribution in [0.15, 0.2) is 24.3 Å². The summed E-state index contributed by atoms with van der Waals surface area (Å²) in [6.45, 7) is 2.56. The van der Waals surface area contributed by atoms with E-state index in [-0.39, 0.29) is 12.0 Å². The van der Waals surface area contributed by atoms with Gasteiger partial charge in [0.05, 0.1) is 6.61 Å². The Morgan fingerprint density at radius 3 is 2.41 bits per heavy atom. The number of benzene rings is 1. The molecule has 3 heteroatoms. The summed E-state index contributed by atoms with van der Waals surface area (Å²) in [4.78, 5) is 10.6. The number of rotatable bonds is 7. The molecule has 0 aliphatic carbocycles. The maximum absolute atomic E-state index is 10.6. The average Bonchev–Trinajstić information content (AvgIpc) is 2.36. The van der Waals surface area contributed by atoms with E-state index in [9.17, 15) is 4.79 Å². The lowest BCUT2D eigenvalue weighted by Crippen LogP contribution is -2.12. The second kappa shape index (κ2) is 7.20. The van der Waals surface area contributed by atoms with Crippen LogP contribution in [0.3, 0.4) is 0 Å². The zero-order chi connectivity index (χ0) is 12.7. The van der Waals surface area contributed by atoms with Crippen molar-refractivity contribution in [1.82, 2.24) is 0 Å². The van der Waals surface area contributed by atoms with Gasteiger partial charge in [-0.2, -0.15) is 0 Å². The molecule has 0 saturated carbocycles. The lowest BCUT2D eigenvalue weighted by Gasteiger charge is -2.21. The fraction of sp³-hybridized carbons (Fsp3) is 0.500. The van der Waals surface area contributed by atoms with Gasteiger partial charge in [-0.3, -0.25) is 0 Å². The van der Waals surface area contributed by atoms with E-state index < -0.39 is 0 Å². The van der Waals surface area contributed by atoms with Crippen molar-refractivity contribution < 1.29 is 14.3 Å². The van der Waals surface area contributed by atoms with Gasteiger partial charge in [0.1, 0.15) is 12.4 Å². The van der Waals surface area contributed by atoms with Gasteiger partial charge in [0.2, 0.25) is 0 Å². The Labute approximate surface area is 103 Å². The standard InChI is InChI=1S/C14H20O3/c1-11(8-9-15)12-6-4-5-7-13(12)14(17-3)10-16-2/h4-7,9,11,14H,8,10H2,1-3H3. The fourth-order valence-corrected chi connectivity index (χ4v) is 1.96. The lowest BCUT2D eigenvalue weighted by atomic mass is 9.91. The van der Waals surface area contributed by atoms with Crippen molar-refractivity contribution in [1.29, 1.82) is 0 Å². The minimum atomic E-state index is -0.0784. The first-order valence-corrected chi connectivity index (χ1v) is 5.78. The number of aldehydes is 1. The molecule has 0 heterocycles. The molecule has 94 valence electrons. The maximum atomic E-state index is 10.6. The van der Waals surface area contributed by atoms with Gasteiger partial charge in [-0.1, -0.05) is 31.2 Å². The van der Waals surface area contributed by atoms with Crippen molar-refractivity contribution in [2.75, 3.05) is 20.8 Å². The summed E-state index contributed by atoms with van der Waals surface area (Å²) in [6, 6.07) is 8.04. The summed E-state index contributed by atoms with van der Waals surface area (Å²) in [6.07, 6.45) is 1.41. The van der Waals surface area contributed by atoms with Crippen molar-refractivity contribution in [3.05, 3.63) is 35.4 Å². The summed E-state index contributed by atoms with van der Waals surface area (Å²) in [5.41, 5.74) is 2.26. The zero-order valence-corrected chi connectivity index (χ0v) is 10.7. The van der Waals surface area contributed by atoms with Crippen LogP contribution in [0.4, 0.5) is 0 Å². The molecule has 0 bridgehead atoms. The van der Waals surface area contributed by atoms with E-state index in [2.05, 4.69) is 0 Å². The molecule has 0 fully saturated rings. The predicted molar refractivity (Wildman–Crippen MR) is 67.2 cm³/mol. The molecular weight excluding hydrogens is 216 g/mol. The van der Waals surface area contributed by atoms with Crippen molar-refractivity contribution >= 4 is 6.29 Å². The van der Waals surface area contributed by atoms with Crippen LogP contribution in [0, 0.1) is 0 Å². The highest BCUT2D eigenvalue weighted by Crippen LogP contribution is 2.28. The third-order valence-electron chi connectivity index (χ3n) is 2.93. The highest BCUT2D eigenvalue weighted by molar-refractivity contribution is 5.52. The van der Waals surface area contributed by atoms with E-state index in [1.807, 2.05) is 31.2 Å². The molecule has 0 aromatic heterocycles. The fourth-order valence-electron chi connectivity index (χ4n) is 1.96. The van der Waals surface area contributed by atoms with Gasteiger partial charge in [0.15, 0.2) is 0 Å². The second-order valence-corrected chi connectivity index (χ2v) is 4.11. The molecule has 0 radical (unpaired) electrons. The Bertz CT molecular complexity index is 349. The van der Waals surface area contributed by atoms with Crippen molar-refractivity contribution in [3.8, 4) is 0 Å². The molecule has 0 aliphatic heterocycles. The number of carbonyl (C=O) groups excluding carboxylic acids is 1. The van der Waals surface area contributed by atoms with Crippen molar-refractivity contribution in [2.24, 2.45) is 0 Å². The molecule has 1 rings (SSSR count). The van der Waals surface area contributed by atoms with E-state index >= 15 is 0 Å². The largest absolute Gasteiger partial charge is 0.382 e. The first kappa shape index (κ1) is 13.9. The quantitative estimate of drug-likeness (QED) is 0.683. The monoisotopic (exact) mass is 236 g/mol. The molecule has 0 amide bonds. The van der Waals surface area contributed by atoms with E-state index in [1.165, 1.54) is 0 Å². The highest BCUT2D eigenvalue weighted by Gasteiger charge is 2.17. The molecule has 1 aromatic carbocycles. The van der Waals surface area contributed by atoms with Crippen LogP contribution >= 0.6 is 0 Å². The molecule has 3 nitrogen and oxygen atoms in total. The molecule has 0 spiro atoms. The van der Waals surface area contributed by atoms with Gasteiger partial charge in [-0.05, 0) is 17.0 Å². The van der Waals surface area contributed by atoms with E-state index in [0.717, 1.165) is 17.4 Å². The lowest BCUT2D eigenvalue weighted by molar-refractivity contribution is -0.108. The summed E-state index contributed by atoms with van der Waals surface area (Å²) in [5, 5.41) is 0. The maximum Gasteiger partial charge on any atom is 0.120 e. The van der Waals surface area contributed by atoms with Gasteiger partial charge in [-0.15, -0.1) is 0 Å². The number of ether oxygens (including phenoxy) is 2. The van der Waals surface area contributed by atoms with Crippen LogP contribution in [-0.2, 0) is 14.3 Å². The van der Waals surface area contributed by atoms with Crippen LogP contribution in [0.5, 0.6) is 0 Å². The van der Waals surface area contributed by atoms with Gasteiger partial charge in [0, 0.05) is 20.6 Å². The normalized spacial score (nSPS) is 14.3. The van der Waals surface area contributed by atoms with Crippen LogP contribution in [0.2, 0.25) is 0 Å². The molecule has 0 saturated heterocycles. The number of methoxy groups -OCH3 is 2. The molecule has 17 heavy (non-hydrogen) atoms. The SMILES string of the molecule is COCC(OC)c1ccccc1C(C)CC=O. The average molecular weight is 236 g/mol. The van der Waals surface area contributed by atoms with Crippen LogP contribution in [0.1, 0.15) is 36.5 Å². The van der Waals surface area contributed by atoms with Gasteiger partial charge in [-0.25, -0.2) is 0 Å².